The number of allylic oxidation sites excluding steroid dienone is 5. The fourth-order valence-electron chi connectivity index (χ4n) is 8.38. The van der Waals surface area contributed by atoms with E-state index in [1.54, 1.807) is 0 Å². The number of ketones is 1. The molecule has 0 bridgehead atoms. The highest BCUT2D eigenvalue weighted by Gasteiger charge is 2.67. The maximum atomic E-state index is 13.2. The van der Waals surface area contributed by atoms with Gasteiger partial charge in [0.25, 0.3) is 0 Å². The van der Waals surface area contributed by atoms with E-state index in [1.165, 1.54) is 19.3 Å². The lowest BCUT2D eigenvalue weighted by Crippen LogP contribution is -2.58. The summed E-state index contributed by atoms with van der Waals surface area (Å²) in [5.74, 6) is 2.98. The summed E-state index contributed by atoms with van der Waals surface area (Å²) in [5, 5.41) is 10.5. The van der Waals surface area contributed by atoms with E-state index in [9.17, 15) is 10.1 Å². The van der Waals surface area contributed by atoms with Crippen LogP contribution in [0.3, 0.4) is 0 Å². The minimum absolute atomic E-state index is 0.114. The van der Waals surface area contributed by atoms with Crippen LogP contribution < -0.4 is 0 Å². The predicted octanol–water partition coefficient (Wildman–Crippen LogP) is 7.54. The Bertz CT molecular complexity index is 835. The van der Waals surface area contributed by atoms with Crippen LogP contribution in [-0.4, -0.2) is 16.6 Å². The van der Waals surface area contributed by atoms with Crippen LogP contribution in [0.5, 0.6) is 0 Å². The molecule has 3 heteroatoms. The molecule has 0 spiro atoms. The summed E-state index contributed by atoms with van der Waals surface area (Å²) in [6, 6.07) is 0. The van der Waals surface area contributed by atoms with Crippen LogP contribution in [0.4, 0.5) is 0 Å². The maximum absolute atomic E-state index is 13.2. The van der Waals surface area contributed by atoms with Crippen LogP contribution in [0.2, 0.25) is 0 Å². The van der Waals surface area contributed by atoms with Gasteiger partial charge in [-0.15, -0.1) is 0 Å². The van der Waals surface area contributed by atoms with Crippen molar-refractivity contribution in [1.29, 1.82) is 0 Å². The van der Waals surface area contributed by atoms with Crippen molar-refractivity contribution in [3.63, 3.8) is 0 Å². The Morgan fingerprint density at radius 3 is 2.56 bits per heavy atom. The van der Waals surface area contributed by atoms with E-state index in [0.29, 0.717) is 11.8 Å². The summed E-state index contributed by atoms with van der Waals surface area (Å²) in [4.78, 5) is 18.8. The van der Waals surface area contributed by atoms with Crippen molar-refractivity contribution in [2.75, 3.05) is 0 Å². The molecule has 0 aromatic carbocycles. The van der Waals surface area contributed by atoms with Crippen LogP contribution in [0.15, 0.2) is 35.5 Å². The number of hydrogen-bond acceptors (Lipinski definition) is 3. The van der Waals surface area contributed by atoms with Gasteiger partial charge in [0.05, 0.1) is 0 Å². The van der Waals surface area contributed by atoms with Crippen molar-refractivity contribution in [2.24, 2.45) is 40.4 Å². The number of carbonyl (C=O) groups excluding carboxylic acids is 1. The maximum Gasteiger partial charge on any atom is 0.182 e. The number of fused-ring (bicyclic) bond motifs is 5. The quantitative estimate of drug-likeness (QED) is 0.328. The monoisotopic (exact) mass is 440 g/mol. The molecule has 0 radical (unpaired) electrons. The van der Waals surface area contributed by atoms with Crippen molar-refractivity contribution < 1.29 is 14.9 Å². The van der Waals surface area contributed by atoms with Gasteiger partial charge in [-0.1, -0.05) is 72.6 Å². The molecule has 7 atom stereocenters. The minimum atomic E-state index is -0.720. The molecule has 178 valence electrons. The molecule has 4 aliphatic carbocycles. The Labute approximate surface area is 195 Å². The van der Waals surface area contributed by atoms with Crippen LogP contribution in [0, 0.1) is 40.4 Å². The third-order valence-corrected chi connectivity index (χ3v) is 10.5. The van der Waals surface area contributed by atoms with Gasteiger partial charge >= 0.3 is 0 Å². The molecule has 3 nitrogen and oxygen atoms in total. The van der Waals surface area contributed by atoms with E-state index < -0.39 is 5.60 Å². The smallest absolute Gasteiger partial charge is 0.182 e. The van der Waals surface area contributed by atoms with E-state index in [0.717, 1.165) is 55.1 Å². The molecule has 0 heterocycles. The van der Waals surface area contributed by atoms with Gasteiger partial charge in [-0.25, -0.2) is 4.89 Å². The van der Waals surface area contributed by atoms with Crippen LogP contribution >= 0.6 is 0 Å². The minimum Gasteiger partial charge on any atom is -0.290 e. The van der Waals surface area contributed by atoms with E-state index in [-0.39, 0.29) is 22.5 Å². The summed E-state index contributed by atoms with van der Waals surface area (Å²) in [6.07, 6.45) is 16.7. The van der Waals surface area contributed by atoms with Gasteiger partial charge in [0.1, 0.15) is 5.60 Å². The highest BCUT2D eigenvalue weighted by Crippen LogP contribution is 2.68. The lowest BCUT2D eigenvalue weighted by molar-refractivity contribution is -0.344. The molecule has 32 heavy (non-hydrogen) atoms. The lowest BCUT2D eigenvalue weighted by Gasteiger charge is -2.57. The van der Waals surface area contributed by atoms with Gasteiger partial charge in [0.15, 0.2) is 5.78 Å². The summed E-state index contributed by atoms with van der Waals surface area (Å²) in [7, 11) is 0. The normalized spacial score (nSPS) is 40.3. The zero-order valence-electron chi connectivity index (χ0n) is 21.1. The SMILES string of the molecule is CC[C@H](CC[C@@H](C)[C@H]1CC[C@@]2(OO)C3=CC(=O)C4=CC=CC[C@]4(C)[C@H]3CC[C@]12C)C(C)C. The molecule has 2 fully saturated rings. The fourth-order valence-corrected chi connectivity index (χ4v) is 8.38. The Hall–Kier alpha value is -1.19. The van der Waals surface area contributed by atoms with Crippen molar-refractivity contribution >= 4 is 5.78 Å². The van der Waals surface area contributed by atoms with E-state index in [1.807, 2.05) is 18.2 Å². The lowest BCUT2D eigenvalue weighted by atomic mass is 9.48. The van der Waals surface area contributed by atoms with Gasteiger partial charge < -0.3 is 0 Å². The van der Waals surface area contributed by atoms with Gasteiger partial charge in [-0.3, -0.25) is 10.1 Å². The third-order valence-electron chi connectivity index (χ3n) is 10.5. The molecule has 2 saturated carbocycles. The molecular formula is C29H44O3. The van der Waals surface area contributed by atoms with Crippen molar-refractivity contribution in [3.8, 4) is 0 Å². The van der Waals surface area contributed by atoms with Gasteiger partial charge in [0.2, 0.25) is 0 Å². The second kappa shape index (κ2) is 8.55. The topological polar surface area (TPSA) is 46.5 Å². The van der Waals surface area contributed by atoms with E-state index in [4.69, 9.17) is 4.89 Å². The molecule has 0 aliphatic heterocycles. The molecule has 0 unspecified atom stereocenters. The molecule has 4 rings (SSSR count). The molecule has 0 saturated heterocycles. The summed E-state index contributed by atoms with van der Waals surface area (Å²) in [6.45, 7) is 14.0. The first-order valence-electron chi connectivity index (χ1n) is 13.1. The second-order valence-electron chi connectivity index (χ2n) is 12.1. The summed E-state index contributed by atoms with van der Waals surface area (Å²) >= 11 is 0. The van der Waals surface area contributed by atoms with Gasteiger partial charge in [0, 0.05) is 16.4 Å². The summed E-state index contributed by atoms with van der Waals surface area (Å²) < 4.78 is 0. The second-order valence-corrected chi connectivity index (χ2v) is 12.1. The Morgan fingerprint density at radius 1 is 1.16 bits per heavy atom. The third kappa shape index (κ3) is 3.33. The number of hydrogen-bond donors (Lipinski definition) is 1. The number of rotatable bonds is 7. The van der Waals surface area contributed by atoms with E-state index >= 15 is 0 Å². The highest BCUT2D eigenvalue weighted by molar-refractivity contribution is 6.07. The highest BCUT2D eigenvalue weighted by atomic mass is 17.1. The van der Waals surface area contributed by atoms with Crippen LogP contribution in [-0.2, 0) is 9.68 Å². The Kier molecular flexibility index (Phi) is 6.40. The Morgan fingerprint density at radius 2 is 1.91 bits per heavy atom. The zero-order chi connectivity index (χ0) is 23.3. The molecule has 0 amide bonds. The average Bonchev–Trinajstić information content (AvgIpc) is 3.07. The molecule has 1 N–H and O–H groups in total. The average molecular weight is 441 g/mol. The zero-order valence-corrected chi connectivity index (χ0v) is 21.1. The van der Waals surface area contributed by atoms with Crippen molar-refractivity contribution in [2.45, 2.75) is 98.5 Å². The largest absolute Gasteiger partial charge is 0.290 e. The molecule has 0 aromatic heterocycles. The van der Waals surface area contributed by atoms with Crippen LogP contribution in [0.25, 0.3) is 0 Å². The van der Waals surface area contributed by atoms with Crippen molar-refractivity contribution in [1.82, 2.24) is 0 Å². The fraction of sp³-hybridized carbons (Fsp3) is 0.759. The van der Waals surface area contributed by atoms with Gasteiger partial charge in [-0.2, -0.15) is 0 Å². The standard InChI is InChI=1S/C29H44O3/c1-7-21(19(2)3)12-11-20(4)22-14-17-29(32-31)25-18-26(30)24-10-8-9-15-27(24,5)23(25)13-16-28(22,29)6/h8-10,18-23,31H,7,11-17H2,1-6H3/t20-,21-,22-,23+,27-,28-,29-/m1/s1. The predicted molar refractivity (Wildman–Crippen MR) is 130 cm³/mol. The van der Waals surface area contributed by atoms with Crippen molar-refractivity contribution in [3.05, 3.63) is 35.5 Å². The van der Waals surface area contributed by atoms with Crippen LogP contribution in [0.1, 0.15) is 92.9 Å². The Balaban J connectivity index is 1.64. The van der Waals surface area contributed by atoms with Gasteiger partial charge in [-0.05, 0) is 79.8 Å². The number of carbonyl (C=O) groups is 1. The summed E-state index contributed by atoms with van der Waals surface area (Å²) in [5.41, 5.74) is 0.982. The molecule has 4 aliphatic rings. The molecule has 0 aromatic rings. The van der Waals surface area contributed by atoms with E-state index in [2.05, 4.69) is 47.6 Å². The first-order valence-corrected chi connectivity index (χ1v) is 13.1. The first-order chi connectivity index (χ1) is 15.1. The first kappa shape index (κ1) is 24.0. The molecular weight excluding hydrogens is 396 g/mol.